The average Bonchev–Trinajstić information content (AvgIpc) is 3.60. The molecule has 0 spiro atoms. The van der Waals surface area contributed by atoms with Gasteiger partial charge in [0.25, 0.3) is 0 Å². The number of aromatic amines is 1. The van der Waals surface area contributed by atoms with Gasteiger partial charge in [0.05, 0.1) is 27.6 Å². The molecule has 9 nitrogen and oxygen atoms in total. The lowest BCUT2D eigenvalue weighted by molar-refractivity contribution is -0.192. The Balaban J connectivity index is 0.000000644. The van der Waals surface area contributed by atoms with Gasteiger partial charge < -0.3 is 19.9 Å². The minimum Gasteiger partial charge on any atom is -0.475 e. The first-order chi connectivity index (χ1) is 22.0. The number of imidazole rings is 1. The third-order valence-corrected chi connectivity index (χ3v) is 10.7. The number of hydrogen-bond acceptors (Lipinski definition) is 6. The van der Waals surface area contributed by atoms with Gasteiger partial charge in [-0.15, -0.1) is 0 Å². The van der Waals surface area contributed by atoms with Crippen LogP contribution in [0.5, 0.6) is 0 Å². The number of carboxylic acid groups (broad SMARTS) is 1. The molecular formula is C31H36F6N4O5S. The lowest BCUT2D eigenvalue weighted by atomic mass is 9.81. The van der Waals surface area contributed by atoms with E-state index in [9.17, 15) is 39.6 Å². The molecule has 1 saturated heterocycles. The molecule has 2 aromatic carbocycles. The van der Waals surface area contributed by atoms with Crippen molar-refractivity contribution in [3.8, 4) is 0 Å². The predicted octanol–water partition coefficient (Wildman–Crippen LogP) is 5.88. The highest BCUT2D eigenvalue weighted by atomic mass is 32.2. The molecule has 0 radical (unpaired) electrons. The second-order valence-electron chi connectivity index (χ2n) is 11.6. The smallest absolute Gasteiger partial charge is 0.475 e. The Morgan fingerprint density at radius 1 is 1.00 bits per heavy atom. The second kappa shape index (κ2) is 14.2. The Labute approximate surface area is 267 Å². The Kier molecular flexibility index (Phi) is 10.9. The first kappa shape index (κ1) is 36.2. The summed E-state index contributed by atoms with van der Waals surface area (Å²) in [5.41, 5.74) is -0.791. The fourth-order valence-corrected chi connectivity index (χ4v) is 8.31. The number of rotatable bonds is 8. The van der Waals surface area contributed by atoms with Gasteiger partial charge in [0, 0.05) is 18.6 Å². The number of likely N-dealkylation sites (tertiary alicyclic amines) is 1. The maximum absolute atomic E-state index is 13.8. The Bertz CT molecular complexity index is 1660. The van der Waals surface area contributed by atoms with Crippen molar-refractivity contribution in [3.63, 3.8) is 0 Å². The molecule has 1 aliphatic heterocycles. The zero-order chi connectivity index (χ0) is 34.7. The van der Waals surface area contributed by atoms with Gasteiger partial charge in [0.1, 0.15) is 11.3 Å². The van der Waals surface area contributed by atoms with Gasteiger partial charge in [0.15, 0.2) is 9.84 Å². The highest BCUT2D eigenvalue weighted by Gasteiger charge is 2.45. The maximum atomic E-state index is 13.8. The van der Waals surface area contributed by atoms with Gasteiger partial charge in [-0.25, -0.2) is 18.2 Å². The van der Waals surface area contributed by atoms with E-state index in [4.69, 9.17) is 9.90 Å². The van der Waals surface area contributed by atoms with Gasteiger partial charge in [0.2, 0.25) is 5.91 Å². The standard InChI is InChI=1S/C29H35F3N4O3S.C2HF3O2/c1-3-35(4-2)20-13-14-25(19(17-20)18-40(38,39)21-9-6-5-7-10-21)36-16-15-22(28(36)37)27-33-24-12-8-11-23(26(24)34-27)29(30,31)32;3-2(4,5)1(6)7/h5-12,19-20,22,25H,3-4,13-18H2,1-2H3,(H,33,34);(H,6,7). The van der Waals surface area contributed by atoms with Crippen molar-refractivity contribution in [1.29, 1.82) is 0 Å². The number of fused-ring (bicyclic) bond motifs is 1. The minimum atomic E-state index is -5.08. The quantitative estimate of drug-likeness (QED) is 0.283. The topological polar surface area (TPSA) is 124 Å². The number of carbonyl (C=O) groups excluding carboxylic acids is 1. The van der Waals surface area contributed by atoms with Gasteiger partial charge in [-0.2, -0.15) is 26.3 Å². The van der Waals surface area contributed by atoms with Gasteiger partial charge in [-0.1, -0.05) is 38.1 Å². The van der Waals surface area contributed by atoms with Crippen LogP contribution in [0.2, 0.25) is 0 Å². The number of carboxylic acids is 1. The van der Waals surface area contributed by atoms with Crippen molar-refractivity contribution in [2.75, 3.05) is 25.4 Å². The molecule has 1 amide bonds. The molecule has 1 aliphatic carbocycles. The van der Waals surface area contributed by atoms with Gasteiger partial charge in [-0.3, -0.25) is 4.79 Å². The number of nitrogens with one attached hydrogen (secondary N) is 1. The highest BCUT2D eigenvalue weighted by molar-refractivity contribution is 7.91. The Hall–Kier alpha value is -3.66. The molecule has 258 valence electrons. The van der Waals surface area contributed by atoms with Crippen molar-refractivity contribution in [2.24, 2.45) is 5.92 Å². The van der Waals surface area contributed by atoms with Crippen LogP contribution >= 0.6 is 0 Å². The molecule has 2 fully saturated rings. The number of alkyl halides is 6. The SMILES string of the molecule is CCN(CC)C1CCC(N2CCC(c3nc4c(C(F)(F)F)cccc4[nH]3)C2=O)C(CS(=O)(=O)c2ccccc2)C1.O=C(O)C(F)(F)F. The molecule has 47 heavy (non-hydrogen) atoms. The zero-order valence-electron chi connectivity index (χ0n) is 25.7. The Morgan fingerprint density at radius 3 is 2.21 bits per heavy atom. The number of hydrogen-bond donors (Lipinski definition) is 2. The predicted molar refractivity (Wildman–Crippen MR) is 160 cm³/mol. The van der Waals surface area contributed by atoms with Crippen molar-refractivity contribution in [1.82, 2.24) is 19.8 Å². The van der Waals surface area contributed by atoms with E-state index in [1.807, 2.05) is 0 Å². The first-order valence-corrected chi connectivity index (χ1v) is 16.8. The molecule has 16 heteroatoms. The summed E-state index contributed by atoms with van der Waals surface area (Å²) in [5, 5.41) is 7.12. The molecule has 2 N–H and O–H groups in total. The number of sulfone groups is 1. The van der Waals surface area contributed by atoms with Crippen LogP contribution in [-0.2, 0) is 25.6 Å². The van der Waals surface area contributed by atoms with Crippen LogP contribution < -0.4 is 0 Å². The van der Waals surface area contributed by atoms with E-state index in [0.717, 1.165) is 25.6 Å². The number of H-pyrrole nitrogens is 1. The van der Waals surface area contributed by atoms with E-state index in [2.05, 4.69) is 28.7 Å². The van der Waals surface area contributed by atoms with Gasteiger partial charge in [-0.05, 0) is 69.0 Å². The number of aromatic nitrogens is 2. The van der Waals surface area contributed by atoms with E-state index in [0.29, 0.717) is 25.8 Å². The summed E-state index contributed by atoms with van der Waals surface area (Å²) in [5.74, 6) is -3.76. The number of aliphatic carboxylic acids is 1. The summed E-state index contributed by atoms with van der Waals surface area (Å²) in [6.07, 6.45) is -7.05. The highest BCUT2D eigenvalue weighted by Crippen LogP contribution is 2.40. The molecule has 2 heterocycles. The third-order valence-electron chi connectivity index (χ3n) is 8.83. The van der Waals surface area contributed by atoms with Crippen LogP contribution in [0.4, 0.5) is 26.3 Å². The molecular weight excluding hydrogens is 654 g/mol. The minimum absolute atomic E-state index is 0.0620. The van der Waals surface area contributed by atoms with E-state index in [-0.39, 0.29) is 51.4 Å². The molecule has 4 unspecified atom stereocenters. The number of carbonyl (C=O) groups is 2. The number of nitrogens with zero attached hydrogens (tertiary/aromatic N) is 3. The summed E-state index contributed by atoms with van der Waals surface area (Å²) in [7, 11) is -3.59. The second-order valence-corrected chi connectivity index (χ2v) is 13.6. The zero-order valence-corrected chi connectivity index (χ0v) is 26.5. The molecule has 1 saturated carbocycles. The Morgan fingerprint density at radius 2 is 1.64 bits per heavy atom. The molecule has 1 aromatic heterocycles. The molecule has 2 aliphatic rings. The van der Waals surface area contributed by atoms with E-state index in [1.165, 1.54) is 12.1 Å². The fraction of sp³-hybridized carbons (Fsp3) is 0.516. The summed E-state index contributed by atoms with van der Waals surface area (Å²) < 4.78 is 99.2. The van der Waals surface area contributed by atoms with Crippen LogP contribution in [0.25, 0.3) is 11.0 Å². The van der Waals surface area contributed by atoms with Crippen molar-refractivity contribution in [2.45, 2.75) is 74.8 Å². The van der Waals surface area contributed by atoms with Crippen LogP contribution in [0.15, 0.2) is 53.4 Å². The van der Waals surface area contributed by atoms with Crippen LogP contribution in [0, 0.1) is 5.92 Å². The van der Waals surface area contributed by atoms with E-state index >= 15 is 0 Å². The molecule has 5 rings (SSSR count). The number of amides is 1. The summed E-state index contributed by atoms with van der Waals surface area (Å²) in [6, 6.07) is 12.2. The lowest BCUT2D eigenvalue weighted by Gasteiger charge is -2.44. The number of benzene rings is 2. The summed E-state index contributed by atoms with van der Waals surface area (Å²) in [4.78, 5) is 34.2. The van der Waals surface area contributed by atoms with Crippen molar-refractivity contribution >= 4 is 32.7 Å². The monoisotopic (exact) mass is 690 g/mol. The largest absolute Gasteiger partial charge is 0.490 e. The van der Waals surface area contributed by atoms with Crippen LogP contribution in [0.3, 0.4) is 0 Å². The van der Waals surface area contributed by atoms with Crippen molar-refractivity contribution < 1.29 is 49.5 Å². The van der Waals surface area contributed by atoms with E-state index < -0.39 is 39.6 Å². The van der Waals surface area contributed by atoms with Crippen LogP contribution in [0.1, 0.15) is 56.8 Å². The van der Waals surface area contributed by atoms with Gasteiger partial charge >= 0.3 is 18.3 Å². The summed E-state index contributed by atoms with van der Waals surface area (Å²) >= 11 is 0. The fourth-order valence-electron chi connectivity index (χ4n) is 6.62. The third kappa shape index (κ3) is 8.26. The first-order valence-electron chi connectivity index (χ1n) is 15.2. The molecule has 3 aromatic rings. The molecule has 0 bridgehead atoms. The normalized spacial score (nSPS) is 22.4. The van der Waals surface area contributed by atoms with Crippen LogP contribution in [-0.4, -0.2) is 88.8 Å². The van der Waals surface area contributed by atoms with Crippen molar-refractivity contribution in [3.05, 3.63) is 59.9 Å². The average molecular weight is 691 g/mol. The molecule has 4 atom stereocenters. The number of halogens is 6. The van der Waals surface area contributed by atoms with E-state index in [1.54, 1.807) is 35.2 Å². The lowest BCUT2D eigenvalue weighted by Crippen LogP contribution is -2.51. The summed E-state index contributed by atoms with van der Waals surface area (Å²) in [6.45, 7) is 6.32. The number of para-hydroxylation sites is 1. The maximum Gasteiger partial charge on any atom is 0.490 e.